The molecule has 0 radical (unpaired) electrons. The molecular formula is C17H12BrClN6O4. The van der Waals surface area contributed by atoms with E-state index in [2.05, 4.69) is 26.1 Å². The summed E-state index contributed by atoms with van der Waals surface area (Å²) in [7, 11) is 0. The third-order valence-electron chi connectivity index (χ3n) is 3.45. The van der Waals surface area contributed by atoms with Gasteiger partial charge in [0.1, 0.15) is 6.07 Å². The second-order valence-electron chi connectivity index (χ2n) is 5.45. The van der Waals surface area contributed by atoms with E-state index in [-0.39, 0.29) is 20.9 Å². The molecule has 2 aromatic heterocycles. The van der Waals surface area contributed by atoms with Crippen LogP contribution >= 0.6 is 27.5 Å². The number of halogens is 2. The van der Waals surface area contributed by atoms with Gasteiger partial charge >= 0.3 is 5.69 Å². The zero-order valence-electron chi connectivity index (χ0n) is 19.3. The summed E-state index contributed by atoms with van der Waals surface area (Å²) in [5, 5.41) is 18.1. The number of rotatable bonds is 4. The molecule has 3 aromatic rings. The zero-order valence-corrected chi connectivity index (χ0v) is 16.7. The Bertz CT molecular complexity index is 1500. The lowest BCUT2D eigenvalue weighted by Gasteiger charge is -2.12. The molecule has 0 aliphatic rings. The lowest BCUT2D eigenvalue weighted by molar-refractivity contribution is 0.449. The van der Waals surface area contributed by atoms with Gasteiger partial charge in [-0.3, -0.25) is 14.6 Å². The van der Waals surface area contributed by atoms with Crippen molar-refractivity contribution in [3.63, 3.8) is 0 Å². The monoisotopic (exact) mass is 483 g/mol. The van der Waals surface area contributed by atoms with Crippen LogP contribution in [0.5, 0.6) is 11.6 Å². The lowest BCUT2D eigenvalue weighted by atomic mass is 10.1. The molecule has 1 aromatic carbocycles. The standard InChI is InChI=1S/C17H12BrClN6O4/c1-7(2)9-5-13(22-23-15(9)26)29-14-10(18)3-8(4-11(14)19)25-17(28)21-16(27)12(6-20)24-25/h3-5,7H,1-2H3,(H,23,26)(H,21,27,28)/i1D3,5D,7D. The fraction of sp³-hybridized carbons (Fsp3) is 0.176. The van der Waals surface area contributed by atoms with Crippen molar-refractivity contribution in [3.8, 4) is 23.4 Å². The van der Waals surface area contributed by atoms with Crippen LogP contribution in [0, 0.1) is 11.3 Å². The van der Waals surface area contributed by atoms with E-state index in [1.807, 2.05) is 10.1 Å². The van der Waals surface area contributed by atoms with Gasteiger partial charge in [-0.25, -0.2) is 9.89 Å². The summed E-state index contributed by atoms with van der Waals surface area (Å²) in [6.45, 7) is -1.97. The van der Waals surface area contributed by atoms with Crippen LogP contribution in [-0.2, 0) is 0 Å². The number of hydrogen-bond acceptors (Lipinski definition) is 7. The van der Waals surface area contributed by atoms with Gasteiger partial charge in [0.2, 0.25) is 11.6 Å². The minimum absolute atomic E-state index is 0.0318. The summed E-state index contributed by atoms with van der Waals surface area (Å²) < 4.78 is 45.3. The summed E-state index contributed by atoms with van der Waals surface area (Å²) in [5.74, 6) is -3.12. The van der Waals surface area contributed by atoms with Crippen LogP contribution in [0.1, 0.15) is 37.8 Å². The van der Waals surface area contributed by atoms with Gasteiger partial charge in [-0.2, -0.15) is 9.94 Å². The van der Waals surface area contributed by atoms with E-state index in [0.29, 0.717) is 4.68 Å². The Kier molecular flexibility index (Phi) is 4.07. The van der Waals surface area contributed by atoms with Crippen molar-refractivity contribution < 1.29 is 11.6 Å². The van der Waals surface area contributed by atoms with Gasteiger partial charge in [0, 0.05) is 17.1 Å². The topological polar surface area (TPSA) is 147 Å². The number of nitriles is 1. The molecule has 0 spiro atoms. The Morgan fingerprint density at radius 3 is 2.86 bits per heavy atom. The first-order chi connectivity index (χ1) is 15.7. The van der Waals surface area contributed by atoms with Crippen LogP contribution in [0.25, 0.3) is 5.69 Å². The molecule has 29 heavy (non-hydrogen) atoms. The van der Waals surface area contributed by atoms with Crippen LogP contribution < -0.4 is 21.5 Å². The van der Waals surface area contributed by atoms with Crippen molar-refractivity contribution in [2.45, 2.75) is 19.7 Å². The normalized spacial score (nSPS) is 15.7. The number of H-pyrrole nitrogens is 2. The maximum atomic E-state index is 12.2. The minimum Gasteiger partial charge on any atom is -0.435 e. The number of aromatic amines is 2. The average Bonchev–Trinajstić information content (AvgIpc) is 2.71. The average molecular weight is 485 g/mol. The Hall–Kier alpha value is -3.23. The van der Waals surface area contributed by atoms with Gasteiger partial charge < -0.3 is 4.74 Å². The Balaban J connectivity index is 2.11. The van der Waals surface area contributed by atoms with Crippen LogP contribution in [-0.4, -0.2) is 25.0 Å². The summed E-state index contributed by atoms with van der Waals surface area (Å²) in [6, 6.07) is 3.30. The van der Waals surface area contributed by atoms with Crippen molar-refractivity contribution in [2.75, 3.05) is 0 Å². The van der Waals surface area contributed by atoms with E-state index in [1.165, 1.54) is 12.1 Å². The largest absolute Gasteiger partial charge is 0.435 e. The number of benzene rings is 1. The maximum absolute atomic E-state index is 12.2. The highest BCUT2D eigenvalue weighted by Gasteiger charge is 2.16. The molecule has 148 valence electrons. The van der Waals surface area contributed by atoms with Crippen LogP contribution in [0.15, 0.2) is 37.0 Å². The molecule has 0 aliphatic heterocycles. The van der Waals surface area contributed by atoms with Crippen molar-refractivity contribution in [1.29, 1.82) is 5.26 Å². The lowest BCUT2D eigenvalue weighted by Crippen LogP contribution is -2.33. The van der Waals surface area contributed by atoms with E-state index in [0.717, 1.165) is 6.92 Å². The fourth-order valence-corrected chi connectivity index (χ4v) is 3.07. The Morgan fingerprint density at radius 2 is 2.21 bits per heavy atom. The third kappa shape index (κ3) is 4.13. The molecule has 12 heteroatoms. The first-order valence-corrected chi connectivity index (χ1v) is 8.77. The van der Waals surface area contributed by atoms with E-state index >= 15 is 0 Å². The molecule has 1 atom stereocenters. The molecule has 0 fully saturated rings. The van der Waals surface area contributed by atoms with Crippen molar-refractivity contribution in [1.82, 2.24) is 25.0 Å². The van der Waals surface area contributed by atoms with Gasteiger partial charge in [-0.15, -0.1) is 10.2 Å². The predicted molar refractivity (Wildman–Crippen MR) is 107 cm³/mol. The molecule has 0 bridgehead atoms. The van der Waals surface area contributed by atoms with E-state index in [4.69, 9.17) is 28.5 Å². The van der Waals surface area contributed by atoms with Gasteiger partial charge in [-0.05, 0) is 34.0 Å². The second-order valence-corrected chi connectivity index (χ2v) is 6.72. The highest BCUT2D eigenvalue weighted by molar-refractivity contribution is 9.10. The number of ether oxygens (including phenoxy) is 1. The Labute approximate surface area is 182 Å². The highest BCUT2D eigenvalue weighted by Crippen LogP contribution is 2.37. The second kappa shape index (κ2) is 8.02. The molecule has 2 N–H and O–H groups in total. The van der Waals surface area contributed by atoms with Gasteiger partial charge in [-0.1, -0.05) is 25.4 Å². The van der Waals surface area contributed by atoms with Crippen molar-refractivity contribution in [2.24, 2.45) is 0 Å². The quantitative estimate of drug-likeness (QED) is 0.577. The first kappa shape index (κ1) is 14.7. The number of nitrogens with one attached hydrogen (secondary N) is 2. The Morgan fingerprint density at radius 1 is 1.45 bits per heavy atom. The summed E-state index contributed by atoms with van der Waals surface area (Å²) in [6.07, 6.45) is 0. The van der Waals surface area contributed by atoms with Gasteiger partial charge in [0.05, 0.1) is 16.6 Å². The van der Waals surface area contributed by atoms with E-state index < -0.39 is 52.7 Å². The number of hydrogen-bond donors (Lipinski definition) is 2. The smallest absolute Gasteiger partial charge is 0.349 e. The van der Waals surface area contributed by atoms with Crippen LogP contribution in [0.3, 0.4) is 0 Å². The fourth-order valence-electron chi connectivity index (χ4n) is 2.17. The van der Waals surface area contributed by atoms with E-state index in [9.17, 15) is 14.4 Å². The minimum atomic E-state index is -2.94. The molecule has 1 unspecified atom stereocenters. The molecule has 0 saturated carbocycles. The van der Waals surface area contributed by atoms with Crippen molar-refractivity contribution in [3.05, 3.63) is 70.1 Å². The SMILES string of the molecule is [2H]c1c(Oc2c(Cl)cc(-n3nc(C#N)c(=O)[nH]c3=O)cc2Br)n[nH]c(=O)c1C([2H])(C)C([2H])([2H])[2H]. The third-order valence-corrected chi connectivity index (χ3v) is 4.32. The molecule has 2 heterocycles. The van der Waals surface area contributed by atoms with Gasteiger partial charge in [0.15, 0.2) is 5.75 Å². The summed E-state index contributed by atoms with van der Waals surface area (Å²) in [5.41, 5.74) is -4.17. The van der Waals surface area contributed by atoms with Crippen molar-refractivity contribution >= 4 is 27.5 Å². The first-order valence-electron chi connectivity index (χ1n) is 10.1. The summed E-state index contributed by atoms with van der Waals surface area (Å²) in [4.78, 5) is 37.8. The van der Waals surface area contributed by atoms with E-state index in [1.54, 1.807) is 6.07 Å². The molecule has 3 rings (SSSR count). The number of nitrogens with zero attached hydrogens (tertiary/aromatic N) is 4. The van der Waals surface area contributed by atoms with Crippen LogP contribution in [0.4, 0.5) is 0 Å². The molecule has 10 nitrogen and oxygen atoms in total. The highest BCUT2D eigenvalue weighted by atomic mass is 79.9. The van der Waals surface area contributed by atoms with Crippen LogP contribution in [0.2, 0.25) is 5.02 Å². The molecular weight excluding hydrogens is 468 g/mol. The summed E-state index contributed by atoms with van der Waals surface area (Å²) >= 11 is 9.43. The predicted octanol–water partition coefficient (Wildman–Crippen LogP) is 2.21. The molecule has 0 aliphatic carbocycles. The maximum Gasteiger partial charge on any atom is 0.349 e. The zero-order chi connectivity index (χ0) is 25.6. The molecule has 0 saturated heterocycles. The molecule has 0 amide bonds. The van der Waals surface area contributed by atoms with Gasteiger partial charge in [0.25, 0.3) is 11.1 Å². The number of aromatic nitrogens is 5.